The molecule has 43 heavy (non-hydrogen) atoms. The fourth-order valence-corrected chi connectivity index (χ4v) is 6.23. The zero-order valence-corrected chi connectivity index (χ0v) is 24.0. The summed E-state index contributed by atoms with van der Waals surface area (Å²) in [5, 5.41) is 0. The number of hydrogen-bond acceptors (Lipinski definition) is 8. The fraction of sp³-hybridized carbons (Fsp3) is 0.500. The van der Waals surface area contributed by atoms with Crippen LogP contribution >= 0.6 is 0 Å². The summed E-state index contributed by atoms with van der Waals surface area (Å²) in [5.41, 5.74) is 2.45. The number of aromatic nitrogens is 4. The first-order chi connectivity index (χ1) is 20.9. The third-order valence-corrected chi connectivity index (χ3v) is 8.70. The zero-order valence-electron chi connectivity index (χ0n) is 24.0. The van der Waals surface area contributed by atoms with E-state index in [4.69, 9.17) is 14.5 Å². The van der Waals surface area contributed by atoms with E-state index in [1.807, 2.05) is 9.47 Å². The molecule has 2 amide bonds. The number of amides is 2. The largest absolute Gasteiger partial charge is 0.479 e. The van der Waals surface area contributed by atoms with E-state index in [1.54, 1.807) is 22.1 Å². The average Bonchev–Trinajstić information content (AvgIpc) is 3.80. The van der Waals surface area contributed by atoms with E-state index in [0.717, 1.165) is 24.1 Å². The van der Waals surface area contributed by atoms with Crippen molar-refractivity contribution >= 4 is 17.6 Å². The molecule has 0 bridgehead atoms. The Morgan fingerprint density at radius 1 is 1.07 bits per heavy atom. The molecule has 1 saturated heterocycles. The number of rotatable bonds is 6. The van der Waals surface area contributed by atoms with E-state index in [1.165, 1.54) is 19.1 Å². The molecular weight excluding hydrogens is 560 g/mol. The molecule has 1 saturated carbocycles. The topological polar surface area (TPSA) is 106 Å². The van der Waals surface area contributed by atoms with Crippen molar-refractivity contribution in [1.82, 2.24) is 29.3 Å². The van der Waals surface area contributed by atoms with Crippen LogP contribution in [0.5, 0.6) is 5.75 Å². The molecule has 0 aromatic carbocycles. The van der Waals surface area contributed by atoms with Crippen LogP contribution in [0.3, 0.4) is 0 Å². The summed E-state index contributed by atoms with van der Waals surface area (Å²) in [4.78, 5) is 44.4. The van der Waals surface area contributed by atoms with E-state index >= 15 is 4.39 Å². The van der Waals surface area contributed by atoms with Gasteiger partial charge in [0.05, 0.1) is 31.1 Å². The van der Waals surface area contributed by atoms with Crippen molar-refractivity contribution in [3.8, 4) is 5.75 Å². The maximum Gasteiger partial charge on any atom is 0.261 e. The van der Waals surface area contributed by atoms with Gasteiger partial charge in [-0.25, -0.2) is 9.37 Å². The number of morpholine rings is 1. The molecule has 6 heterocycles. The smallest absolute Gasteiger partial charge is 0.261 e. The molecule has 1 aliphatic carbocycles. The number of hydrogen-bond donors (Lipinski definition) is 0. The van der Waals surface area contributed by atoms with E-state index in [2.05, 4.69) is 9.97 Å². The number of halogens is 2. The van der Waals surface area contributed by atoms with Crippen LogP contribution < -0.4 is 9.64 Å². The van der Waals surface area contributed by atoms with Gasteiger partial charge in [0.15, 0.2) is 12.4 Å². The number of nitrogens with zero attached hydrogens (tertiary/aromatic N) is 7. The molecule has 0 N–H and O–H groups in total. The number of ether oxygens (including phenoxy) is 2. The second-order valence-corrected chi connectivity index (χ2v) is 11.4. The Kier molecular flexibility index (Phi) is 7.20. The number of carbonyl (C=O) groups is 2. The minimum Gasteiger partial charge on any atom is -0.479 e. The Morgan fingerprint density at radius 3 is 2.60 bits per heavy atom. The maximum atomic E-state index is 15.8. The molecule has 7 rings (SSSR count). The van der Waals surface area contributed by atoms with E-state index in [0.29, 0.717) is 75.6 Å². The number of carbonyl (C=O) groups excluding carboxylic acids is 2. The second kappa shape index (κ2) is 11.2. The van der Waals surface area contributed by atoms with Crippen LogP contribution in [0.1, 0.15) is 60.2 Å². The molecule has 11 nitrogen and oxygen atoms in total. The highest BCUT2D eigenvalue weighted by Gasteiger charge is 2.40. The van der Waals surface area contributed by atoms with Gasteiger partial charge in [-0.2, -0.15) is 9.37 Å². The summed E-state index contributed by atoms with van der Waals surface area (Å²) in [6, 6.07) is 3.81. The Bertz CT molecular complexity index is 1570. The zero-order chi connectivity index (χ0) is 29.7. The summed E-state index contributed by atoms with van der Waals surface area (Å²) < 4.78 is 43.7. The summed E-state index contributed by atoms with van der Waals surface area (Å²) in [7, 11) is 0. The Balaban J connectivity index is 1.17. The van der Waals surface area contributed by atoms with Gasteiger partial charge in [-0.3, -0.25) is 14.6 Å². The quantitative estimate of drug-likeness (QED) is 0.402. The van der Waals surface area contributed by atoms with E-state index < -0.39 is 30.3 Å². The molecule has 0 radical (unpaired) electrons. The predicted molar refractivity (Wildman–Crippen MR) is 149 cm³/mol. The lowest BCUT2D eigenvalue weighted by Gasteiger charge is -2.37. The molecule has 1 unspecified atom stereocenters. The molecule has 1 atom stereocenters. The van der Waals surface area contributed by atoms with Gasteiger partial charge in [0.2, 0.25) is 5.91 Å². The van der Waals surface area contributed by atoms with Gasteiger partial charge >= 0.3 is 0 Å². The summed E-state index contributed by atoms with van der Waals surface area (Å²) in [6.45, 7) is 4.94. The van der Waals surface area contributed by atoms with Crippen molar-refractivity contribution in [1.29, 1.82) is 0 Å². The number of imidazole rings is 1. The van der Waals surface area contributed by atoms with Gasteiger partial charge < -0.3 is 28.7 Å². The molecule has 3 aliphatic heterocycles. The van der Waals surface area contributed by atoms with Gasteiger partial charge in [-0.1, -0.05) is 0 Å². The highest BCUT2D eigenvalue weighted by Crippen LogP contribution is 2.42. The first-order valence-electron chi connectivity index (χ1n) is 14.8. The maximum absolute atomic E-state index is 15.8. The molecule has 226 valence electrons. The van der Waals surface area contributed by atoms with Gasteiger partial charge in [-0.05, 0) is 42.5 Å². The van der Waals surface area contributed by atoms with Crippen LogP contribution in [0.25, 0.3) is 0 Å². The standard InChI is InChI=1S/C30H33F2N7O4/c1-18(40)37-8-9-38-25(16-37)34-22-6-7-39(29(28(22)38)27-21(31)14-20(15-33-27)19-2-3-19)26(41)17-43-23-4-5-24(35-30(23)32)36-10-12-42-13-11-36/h4-5,14-15,19,29H,2-3,6-13,16-17H2,1H3. The average molecular weight is 594 g/mol. The van der Waals surface area contributed by atoms with Gasteiger partial charge in [0.1, 0.15) is 29.2 Å². The number of fused-ring (bicyclic) bond motifs is 3. The summed E-state index contributed by atoms with van der Waals surface area (Å²) >= 11 is 0. The van der Waals surface area contributed by atoms with Crippen LogP contribution in [-0.2, 0) is 33.8 Å². The lowest BCUT2D eigenvalue weighted by molar-refractivity contribution is -0.135. The minimum absolute atomic E-state index is 0.0409. The van der Waals surface area contributed by atoms with Crippen LogP contribution in [0.4, 0.5) is 14.6 Å². The monoisotopic (exact) mass is 593 g/mol. The third-order valence-electron chi connectivity index (χ3n) is 8.70. The van der Waals surface area contributed by atoms with Gasteiger partial charge in [0.25, 0.3) is 11.9 Å². The minimum atomic E-state index is -0.843. The van der Waals surface area contributed by atoms with Crippen molar-refractivity contribution in [3.63, 3.8) is 0 Å². The first kappa shape index (κ1) is 27.7. The number of pyridine rings is 2. The van der Waals surface area contributed by atoms with Crippen LogP contribution in [0.15, 0.2) is 24.4 Å². The van der Waals surface area contributed by atoms with Gasteiger partial charge in [-0.15, -0.1) is 0 Å². The van der Waals surface area contributed by atoms with E-state index in [9.17, 15) is 14.0 Å². The molecular formula is C30H33F2N7O4. The van der Waals surface area contributed by atoms with E-state index in [-0.39, 0.29) is 23.9 Å². The Hall–Kier alpha value is -4.13. The van der Waals surface area contributed by atoms with Crippen molar-refractivity contribution < 1.29 is 27.8 Å². The molecule has 2 fully saturated rings. The normalized spacial score (nSPS) is 20.1. The third kappa shape index (κ3) is 5.30. The lowest BCUT2D eigenvalue weighted by atomic mass is 9.97. The first-order valence-corrected chi connectivity index (χ1v) is 14.8. The Labute approximate surface area is 247 Å². The second-order valence-electron chi connectivity index (χ2n) is 11.4. The molecule has 3 aromatic heterocycles. The van der Waals surface area contributed by atoms with Gasteiger partial charge in [0, 0.05) is 52.3 Å². The summed E-state index contributed by atoms with van der Waals surface area (Å²) in [6.07, 6.45) is 4.17. The molecule has 0 spiro atoms. The van der Waals surface area contributed by atoms with Crippen LogP contribution in [0.2, 0.25) is 0 Å². The molecule has 4 aliphatic rings. The van der Waals surface area contributed by atoms with Crippen molar-refractivity contribution in [3.05, 3.63) is 64.6 Å². The van der Waals surface area contributed by atoms with Crippen molar-refractivity contribution in [2.24, 2.45) is 0 Å². The highest BCUT2D eigenvalue weighted by molar-refractivity contribution is 5.79. The molecule has 3 aromatic rings. The summed E-state index contributed by atoms with van der Waals surface area (Å²) in [5.74, 6) is -0.397. The van der Waals surface area contributed by atoms with Crippen molar-refractivity contribution in [2.45, 2.75) is 51.2 Å². The fourth-order valence-electron chi connectivity index (χ4n) is 6.23. The van der Waals surface area contributed by atoms with Crippen LogP contribution in [-0.4, -0.2) is 87.1 Å². The molecule has 13 heteroatoms. The van der Waals surface area contributed by atoms with Crippen LogP contribution in [0, 0.1) is 11.8 Å². The van der Waals surface area contributed by atoms with Crippen molar-refractivity contribution in [2.75, 3.05) is 50.9 Å². The highest BCUT2D eigenvalue weighted by atomic mass is 19.1. The number of anilines is 1. The SMILES string of the molecule is CC(=O)N1CCn2c(nc3c2C(c2ncc(C4CC4)cc2F)N(C(=O)COc2ccc(N4CCOCC4)nc2F)CC3)C1. The predicted octanol–water partition coefficient (Wildman–Crippen LogP) is 2.58. The Morgan fingerprint density at radius 2 is 1.88 bits per heavy atom. The lowest BCUT2D eigenvalue weighted by Crippen LogP contribution is -2.45.